The number of benzene rings is 2. The third kappa shape index (κ3) is 6.46. The summed E-state index contributed by atoms with van der Waals surface area (Å²) in [5, 5.41) is 11.6. The van der Waals surface area contributed by atoms with Gasteiger partial charge < -0.3 is 19.5 Å². The Kier molecular flexibility index (Phi) is 7.09. The standard InChI is InChI=1S/C20H17F3N2O4/c1-27-17-6-3-13(9-18(17)28-2)4-8-19(26)25-15-5-7-16(14(10-15)11-24)29-12-20(21,22)23/h3-10H,12H2,1-2H3,(H,25,26)/b8-4+. The average Bonchev–Trinajstić information content (AvgIpc) is 2.70. The highest BCUT2D eigenvalue weighted by atomic mass is 19.4. The van der Waals surface area contributed by atoms with Crippen LogP contribution in [0.1, 0.15) is 11.1 Å². The van der Waals surface area contributed by atoms with Gasteiger partial charge in [-0.15, -0.1) is 0 Å². The second kappa shape index (κ2) is 9.50. The molecular weight excluding hydrogens is 389 g/mol. The molecule has 0 aliphatic heterocycles. The Balaban J connectivity index is 2.07. The van der Waals surface area contributed by atoms with Gasteiger partial charge in [0.05, 0.1) is 19.8 Å². The highest BCUT2D eigenvalue weighted by Crippen LogP contribution is 2.28. The molecule has 0 unspecified atom stereocenters. The van der Waals surface area contributed by atoms with Crippen molar-refractivity contribution in [3.8, 4) is 23.3 Å². The van der Waals surface area contributed by atoms with Gasteiger partial charge in [0.15, 0.2) is 18.1 Å². The van der Waals surface area contributed by atoms with Crippen LogP contribution in [0.25, 0.3) is 6.08 Å². The molecule has 0 aliphatic carbocycles. The molecule has 6 nitrogen and oxygen atoms in total. The number of nitriles is 1. The van der Waals surface area contributed by atoms with Crippen LogP contribution in [0.2, 0.25) is 0 Å². The van der Waals surface area contributed by atoms with Crippen LogP contribution in [0.4, 0.5) is 18.9 Å². The molecule has 0 fully saturated rings. The van der Waals surface area contributed by atoms with Crippen molar-refractivity contribution in [2.75, 3.05) is 26.1 Å². The van der Waals surface area contributed by atoms with E-state index in [0.29, 0.717) is 17.1 Å². The lowest BCUT2D eigenvalue weighted by atomic mass is 10.1. The summed E-state index contributed by atoms with van der Waals surface area (Å²) in [6.45, 7) is -1.51. The topological polar surface area (TPSA) is 80.6 Å². The number of methoxy groups -OCH3 is 2. The Hall–Kier alpha value is -3.67. The van der Waals surface area contributed by atoms with E-state index >= 15 is 0 Å². The molecule has 0 bridgehead atoms. The Morgan fingerprint density at radius 3 is 2.41 bits per heavy atom. The van der Waals surface area contributed by atoms with Gasteiger partial charge in [-0.25, -0.2) is 0 Å². The van der Waals surface area contributed by atoms with Crippen LogP contribution in [-0.2, 0) is 4.79 Å². The van der Waals surface area contributed by atoms with Gasteiger partial charge in [0.1, 0.15) is 11.8 Å². The summed E-state index contributed by atoms with van der Waals surface area (Å²) in [4.78, 5) is 12.1. The zero-order valence-electron chi connectivity index (χ0n) is 15.5. The predicted molar refractivity (Wildman–Crippen MR) is 99.9 cm³/mol. The molecule has 29 heavy (non-hydrogen) atoms. The van der Waals surface area contributed by atoms with E-state index in [9.17, 15) is 18.0 Å². The number of hydrogen-bond acceptors (Lipinski definition) is 5. The van der Waals surface area contributed by atoms with Crippen molar-refractivity contribution < 1.29 is 32.2 Å². The number of ether oxygens (including phenoxy) is 3. The molecule has 0 aromatic heterocycles. The van der Waals surface area contributed by atoms with Crippen LogP contribution in [0.15, 0.2) is 42.5 Å². The first-order valence-corrected chi connectivity index (χ1v) is 8.20. The predicted octanol–water partition coefficient (Wildman–Crippen LogP) is 4.17. The molecule has 0 aliphatic rings. The Morgan fingerprint density at radius 1 is 1.10 bits per heavy atom. The minimum atomic E-state index is -4.52. The van der Waals surface area contributed by atoms with Crippen molar-refractivity contribution in [3.63, 3.8) is 0 Å². The normalized spacial score (nSPS) is 11.0. The Labute approximate surface area is 165 Å². The van der Waals surface area contributed by atoms with E-state index in [1.54, 1.807) is 30.3 Å². The lowest BCUT2D eigenvalue weighted by Gasteiger charge is -2.11. The van der Waals surface area contributed by atoms with Gasteiger partial charge >= 0.3 is 6.18 Å². The van der Waals surface area contributed by atoms with E-state index in [2.05, 4.69) is 10.1 Å². The van der Waals surface area contributed by atoms with E-state index in [1.807, 2.05) is 0 Å². The molecule has 0 saturated heterocycles. The molecule has 9 heteroatoms. The number of alkyl halides is 3. The molecule has 0 saturated carbocycles. The fourth-order valence-corrected chi connectivity index (χ4v) is 2.29. The first-order valence-electron chi connectivity index (χ1n) is 8.20. The molecule has 0 radical (unpaired) electrons. The number of amides is 1. The van der Waals surface area contributed by atoms with Crippen molar-refractivity contribution in [3.05, 3.63) is 53.6 Å². The largest absolute Gasteiger partial charge is 0.493 e. The molecule has 2 rings (SSSR count). The molecule has 152 valence electrons. The summed E-state index contributed by atoms with van der Waals surface area (Å²) in [7, 11) is 3.00. The van der Waals surface area contributed by atoms with Crippen LogP contribution in [0, 0.1) is 11.3 Å². The van der Waals surface area contributed by atoms with Crippen LogP contribution >= 0.6 is 0 Å². The first-order chi connectivity index (χ1) is 13.8. The summed E-state index contributed by atoms with van der Waals surface area (Å²) in [6.07, 6.45) is -1.71. The zero-order chi connectivity index (χ0) is 21.4. The van der Waals surface area contributed by atoms with Crippen molar-refractivity contribution in [1.29, 1.82) is 5.26 Å². The van der Waals surface area contributed by atoms with Gasteiger partial charge in [-0.3, -0.25) is 4.79 Å². The number of hydrogen-bond donors (Lipinski definition) is 1. The molecule has 2 aromatic rings. The second-order valence-electron chi connectivity index (χ2n) is 5.66. The summed E-state index contributed by atoms with van der Waals surface area (Å²) in [5.41, 5.74) is 0.796. The zero-order valence-corrected chi connectivity index (χ0v) is 15.5. The number of rotatable bonds is 7. The summed E-state index contributed by atoms with van der Waals surface area (Å²) in [5.74, 6) is 0.338. The minimum absolute atomic E-state index is 0.129. The van der Waals surface area contributed by atoms with Gasteiger partial charge in [-0.05, 0) is 42.0 Å². The number of nitrogens with one attached hydrogen (secondary N) is 1. The lowest BCUT2D eigenvalue weighted by molar-refractivity contribution is -0.153. The van der Waals surface area contributed by atoms with Crippen molar-refractivity contribution in [1.82, 2.24) is 0 Å². The van der Waals surface area contributed by atoms with Crippen molar-refractivity contribution >= 4 is 17.7 Å². The highest BCUT2D eigenvalue weighted by Gasteiger charge is 2.28. The SMILES string of the molecule is COc1ccc(/C=C/C(=O)Nc2ccc(OCC(F)(F)F)c(C#N)c2)cc1OC. The monoisotopic (exact) mass is 406 g/mol. The number of anilines is 1. The van der Waals surface area contributed by atoms with Crippen molar-refractivity contribution in [2.45, 2.75) is 6.18 Å². The van der Waals surface area contributed by atoms with Crippen LogP contribution < -0.4 is 19.5 Å². The Bertz CT molecular complexity index is 950. The quantitative estimate of drug-likeness (QED) is 0.698. The third-order valence-electron chi connectivity index (χ3n) is 3.59. The van der Waals surface area contributed by atoms with Gasteiger partial charge in [-0.2, -0.15) is 18.4 Å². The Morgan fingerprint density at radius 2 is 1.79 bits per heavy atom. The number of nitrogens with zero attached hydrogens (tertiary/aromatic N) is 1. The third-order valence-corrected chi connectivity index (χ3v) is 3.59. The average molecular weight is 406 g/mol. The maximum Gasteiger partial charge on any atom is 0.422 e. The van der Waals surface area contributed by atoms with Crippen LogP contribution in [0.3, 0.4) is 0 Å². The smallest absolute Gasteiger partial charge is 0.422 e. The lowest BCUT2D eigenvalue weighted by Crippen LogP contribution is -2.19. The maximum absolute atomic E-state index is 12.3. The first kappa shape index (κ1) is 21.6. The molecule has 0 atom stereocenters. The molecule has 1 N–H and O–H groups in total. The van der Waals surface area contributed by atoms with Gasteiger partial charge in [0.2, 0.25) is 5.91 Å². The molecule has 0 heterocycles. The van der Waals surface area contributed by atoms with Gasteiger partial charge in [-0.1, -0.05) is 6.07 Å². The second-order valence-corrected chi connectivity index (χ2v) is 5.66. The molecule has 1 amide bonds. The molecule has 2 aromatic carbocycles. The number of carbonyl (C=O) groups excluding carboxylic acids is 1. The van der Waals surface area contributed by atoms with E-state index in [-0.39, 0.29) is 17.0 Å². The maximum atomic E-state index is 12.3. The van der Waals surface area contributed by atoms with E-state index in [1.165, 1.54) is 38.5 Å². The van der Waals surface area contributed by atoms with Gasteiger partial charge in [0, 0.05) is 11.8 Å². The fourth-order valence-electron chi connectivity index (χ4n) is 2.29. The van der Waals surface area contributed by atoms with Crippen molar-refractivity contribution in [2.24, 2.45) is 0 Å². The van der Waals surface area contributed by atoms with E-state index < -0.39 is 18.7 Å². The van der Waals surface area contributed by atoms with Crippen LogP contribution in [0.5, 0.6) is 17.2 Å². The van der Waals surface area contributed by atoms with Gasteiger partial charge in [0.25, 0.3) is 0 Å². The summed E-state index contributed by atoms with van der Waals surface area (Å²) < 4.78 is 51.7. The van der Waals surface area contributed by atoms with E-state index in [4.69, 9.17) is 14.7 Å². The molecule has 0 spiro atoms. The highest BCUT2D eigenvalue weighted by molar-refractivity contribution is 6.02. The fraction of sp³-hybridized carbons (Fsp3) is 0.200. The summed E-state index contributed by atoms with van der Waals surface area (Å²) >= 11 is 0. The number of halogens is 3. The minimum Gasteiger partial charge on any atom is -0.493 e. The number of carbonyl (C=O) groups is 1. The van der Waals surface area contributed by atoms with Crippen LogP contribution in [-0.4, -0.2) is 32.9 Å². The molecular formula is C20H17F3N2O4. The van der Waals surface area contributed by atoms with E-state index in [0.717, 1.165) is 0 Å². The summed E-state index contributed by atoms with van der Waals surface area (Å²) in [6, 6.07) is 10.6.